The van der Waals surface area contributed by atoms with Crippen molar-refractivity contribution in [2.24, 2.45) is 0 Å². The normalized spacial score (nSPS) is 35.1. The highest BCUT2D eigenvalue weighted by Crippen LogP contribution is 2.45. The van der Waals surface area contributed by atoms with Crippen LogP contribution in [0.1, 0.15) is 37.8 Å². The molecule has 19 heavy (non-hydrogen) atoms. The molecule has 0 saturated carbocycles. The Hall–Kier alpha value is -1.13. The molecule has 104 valence electrons. The molecule has 2 atom stereocenters. The molecule has 3 heterocycles. The Balaban J connectivity index is 1.95. The number of aromatic nitrogens is 1. The summed E-state index contributed by atoms with van der Waals surface area (Å²) in [5.74, 6) is 0.702. The van der Waals surface area contributed by atoms with Crippen molar-refractivity contribution < 1.29 is 9.84 Å². The maximum Gasteiger partial charge on any atom is 0.143 e. The molecule has 3 rings (SSSR count). The molecule has 2 fully saturated rings. The van der Waals surface area contributed by atoms with Crippen molar-refractivity contribution in [1.82, 2.24) is 9.88 Å². The van der Waals surface area contributed by atoms with Gasteiger partial charge < -0.3 is 14.7 Å². The van der Waals surface area contributed by atoms with Gasteiger partial charge in [-0.2, -0.15) is 0 Å². The number of piperidine rings is 2. The Bertz CT molecular complexity index is 449. The van der Waals surface area contributed by atoms with Gasteiger partial charge in [0, 0.05) is 18.3 Å². The number of ether oxygens (including phenoxy) is 1. The smallest absolute Gasteiger partial charge is 0.143 e. The Morgan fingerprint density at radius 3 is 2.68 bits per heavy atom. The van der Waals surface area contributed by atoms with E-state index in [0.29, 0.717) is 23.5 Å². The van der Waals surface area contributed by atoms with Gasteiger partial charge in [0.25, 0.3) is 0 Å². The number of methoxy groups -OCH3 is 1. The van der Waals surface area contributed by atoms with Gasteiger partial charge in [-0.15, -0.1) is 0 Å². The van der Waals surface area contributed by atoms with E-state index in [1.807, 2.05) is 12.1 Å². The maximum absolute atomic E-state index is 11.1. The predicted molar refractivity (Wildman–Crippen MR) is 73.1 cm³/mol. The summed E-state index contributed by atoms with van der Waals surface area (Å²) in [5.41, 5.74) is -0.128. The van der Waals surface area contributed by atoms with Gasteiger partial charge in [-0.05, 0) is 44.9 Å². The van der Waals surface area contributed by atoms with Crippen LogP contribution in [0.3, 0.4) is 0 Å². The van der Waals surface area contributed by atoms with Crippen molar-refractivity contribution >= 4 is 0 Å². The van der Waals surface area contributed by atoms with Gasteiger partial charge in [-0.3, -0.25) is 4.98 Å². The average molecular weight is 262 g/mol. The molecular formula is C15H22N2O2. The summed E-state index contributed by atoms with van der Waals surface area (Å²) in [4.78, 5) is 6.84. The number of rotatable bonds is 2. The molecule has 0 aromatic carbocycles. The first-order chi connectivity index (χ1) is 9.14. The van der Waals surface area contributed by atoms with Gasteiger partial charge in [0.05, 0.1) is 7.11 Å². The molecule has 4 nitrogen and oxygen atoms in total. The third-order valence-corrected chi connectivity index (χ3v) is 4.80. The van der Waals surface area contributed by atoms with E-state index in [4.69, 9.17) is 4.74 Å². The fraction of sp³-hybridized carbons (Fsp3) is 0.667. The van der Waals surface area contributed by atoms with Crippen LogP contribution in [0.5, 0.6) is 5.75 Å². The number of fused-ring (bicyclic) bond motifs is 2. The van der Waals surface area contributed by atoms with Crippen LogP contribution in [0.25, 0.3) is 0 Å². The number of hydrogen-bond acceptors (Lipinski definition) is 4. The molecule has 4 heteroatoms. The standard InChI is InChI=1S/C15H22N2O2/c1-17-11-5-3-6-12(17)10-15(18,9-11)14-13(19-2)7-4-8-16-14/h4,7-8,11-12,18H,3,5-6,9-10H2,1-2H3. The van der Waals surface area contributed by atoms with Crippen LogP contribution in [0.4, 0.5) is 0 Å². The van der Waals surface area contributed by atoms with Crippen molar-refractivity contribution in [3.63, 3.8) is 0 Å². The van der Waals surface area contributed by atoms with Crippen LogP contribution in [-0.2, 0) is 5.60 Å². The summed E-state index contributed by atoms with van der Waals surface area (Å²) in [6, 6.07) is 4.66. The van der Waals surface area contributed by atoms with Gasteiger partial charge >= 0.3 is 0 Å². The number of hydrogen-bond donors (Lipinski definition) is 1. The number of aliphatic hydroxyl groups is 1. The molecule has 1 aromatic heterocycles. The van der Waals surface area contributed by atoms with Gasteiger partial charge in [-0.25, -0.2) is 0 Å². The first kappa shape index (κ1) is 12.9. The zero-order valence-electron chi connectivity index (χ0n) is 11.7. The Kier molecular flexibility index (Phi) is 3.23. The van der Waals surface area contributed by atoms with E-state index in [1.54, 1.807) is 13.3 Å². The van der Waals surface area contributed by atoms with Crippen LogP contribution in [0, 0.1) is 0 Å². The molecule has 0 radical (unpaired) electrons. The van der Waals surface area contributed by atoms with E-state index >= 15 is 0 Å². The lowest BCUT2D eigenvalue weighted by Gasteiger charge is -2.50. The highest BCUT2D eigenvalue weighted by Gasteiger charge is 2.46. The highest BCUT2D eigenvalue weighted by atomic mass is 16.5. The zero-order chi connectivity index (χ0) is 13.5. The molecule has 2 aliphatic heterocycles. The lowest BCUT2D eigenvalue weighted by Crippen LogP contribution is -2.55. The Morgan fingerprint density at radius 1 is 1.37 bits per heavy atom. The monoisotopic (exact) mass is 262 g/mol. The summed E-state index contributed by atoms with van der Waals surface area (Å²) in [6.45, 7) is 0. The second-order valence-corrected chi connectivity index (χ2v) is 5.90. The topological polar surface area (TPSA) is 45.6 Å². The molecule has 0 amide bonds. The quantitative estimate of drug-likeness (QED) is 0.884. The lowest BCUT2D eigenvalue weighted by atomic mass is 9.74. The third-order valence-electron chi connectivity index (χ3n) is 4.80. The highest BCUT2D eigenvalue weighted by molar-refractivity contribution is 5.33. The average Bonchev–Trinajstić information content (AvgIpc) is 2.41. The summed E-state index contributed by atoms with van der Waals surface area (Å²) >= 11 is 0. The van der Waals surface area contributed by atoms with E-state index < -0.39 is 5.60 Å². The summed E-state index contributed by atoms with van der Waals surface area (Å²) in [7, 11) is 3.82. The molecular weight excluding hydrogens is 240 g/mol. The lowest BCUT2D eigenvalue weighted by molar-refractivity contribution is -0.0908. The van der Waals surface area contributed by atoms with Crippen molar-refractivity contribution in [1.29, 1.82) is 0 Å². The van der Waals surface area contributed by atoms with E-state index in [-0.39, 0.29) is 0 Å². The fourth-order valence-electron chi connectivity index (χ4n) is 3.75. The second-order valence-electron chi connectivity index (χ2n) is 5.90. The van der Waals surface area contributed by atoms with Gasteiger partial charge in [0.15, 0.2) is 0 Å². The van der Waals surface area contributed by atoms with Crippen LogP contribution in [0.2, 0.25) is 0 Å². The van der Waals surface area contributed by atoms with Gasteiger partial charge in [0.2, 0.25) is 0 Å². The Labute approximate surface area is 114 Å². The van der Waals surface area contributed by atoms with E-state index in [1.165, 1.54) is 19.3 Å². The minimum absolute atomic E-state index is 0.462. The van der Waals surface area contributed by atoms with Crippen LogP contribution >= 0.6 is 0 Å². The summed E-state index contributed by atoms with van der Waals surface area (Å²) < 4.78 is 5.38. The Morgan fingerprint density at radius 2 is 2.05 bits per heavy atom. The van der Waals surface area contributed by atoms with Crippen LogP contribution in [0.15, 0.2) is 18.3 Å². The van der Waals surface area contributed by atoms with E-state index in [2.05, 4.69) is 16.9 Å². The second kappa shape index (κ2) is 4.76. The van der Waals surface area contributed by atoms with Crippen molar-refractivity contribution in [2.45, 2.75) is 49.8 Å². The van der Waals surface area contributed by atoms with E-state index in [0.717, 1.165) is 12.8 Å². The SMILES string of the molecule is COc1cccnc1C1(O)CC2CCCC(C1)N2C. The number of pyridine rings is 1. The summed E-state index contributed by atoms with van der Waals surface area (Å²) in [6.07, 6.45) is 6.87. The minimum Gasteiger partial charge on any atom is -0.495 e. The predicted octanol–water partition coefficient (Wildman–Crippen LogP) is 1.92. The van der Waals surface area contributed by atoms with Crippen LogP contribution in [-0.4, -0.2) is 41.2 Å². The summed E-state index contributed by atoms with van der Waals surface area (Å²) in [5, 5.41) is 11.1. The fourth-order valence-corrected chi connectivity index (χ4v) is 3.75. The van der Waals surface area contributed by atoms with Gasteiger partial charge in [-0.1, -0.05) is 6.42 Å². The van der Waals surface area contributed by atoms with Crippen LogP contribution < -0.4 is 4.74 Å². The number of nitrogens with zero attached hydrogens (tertiary/aromatic N) is 2. The molecule has 2 saturated heterocycles. The molecule has 0 spiro atoms. The molecule has 2 aliphatic rings. The first-order valence-electron chi connectivity index (χ1n) is 7.08. The molecule has 2 bridgehead atoms. The first-order valence-corrected chi connectivity index (χ1v) is 7.08. The molecule has 0 aliphatic carbocycles. The zero-order valence-corrected chi connectivity index (χ0v) is 11.7. The van der Waals surface area contributed by atoms with E-state index in [9.17, 15) is 5.11 Å². The maximum atomic E-state index is 11.1. The van der Waals surface area contributed by atoms with Crippen molar-refractivity contribution in [3.8, 4) is 5.75 Å². The molecule has 2 unspecified atom stereocenters. The molecule has 1 N–H and O–H groups in total. The largest absolute Gasteiger partial charge is 0.495 e. The molecule has 1 aromatic rings. The van der Waals surface area contributed by atoms with Crippen molar-refractivity contribution in [3.05, 3.63) is 24.0 Å². The van der Waals surface area contributed by atoms with Gasteiger partial charge in [0.1, 0.15) is 17.0 Å². The van der Waals surface area contributed by atoms with Crippen molar-refractivity contribution in [2.75, 3.05) is 14.2 Å². The minimum atomic E-state index is -0.838. The third kappa shape index (κ3) is 2.13.